The molecule has 0 aliphatic carbocycles. The smallest absolute Gasteiger partial charge is 0.307 e. The quantitative estimate of drug-likeness (QED) is 0.897. The van der Waals surface area contributed by atoms with Gasteiger partial charge in [-0.15, -0.1) is 0 Å². The van der Waals surface area contributed by atoms with Crippen LogP contribution in [0.2, 0.25) is 0 Å². The highest BCUT2D eigenvalue weighted by Crippen LogP contribution is 2.29. The number of nitrogens with zero attached hydrogens (tertiary/aromatic N) is 2. The van der Waals surface area contributed by atoms with Crippen LogP contribution in [0.4, 0.5) is 13.2 Å². The largest absolute Gasteiger partial charge is 0.416 e. The molecule has 0 saturated carbocycles. The molecule has 2 rings (SSSR count). The lowest BCUT2D eigenvalue weighted by atomic mass is 10.1. The first-order valence-corrected chi connectivity index (χ1v) is 7.13. The fourth-order valence-corrected chi connectivity index (χ4v) is 2.49. The van der Waals surface area contributed by atoms with E-state index < -0.39 is 11.7 Å². The molecule has 0 aliphatic heterocycles. The summed E-state index contributed by atoms with van der Waals surface area (Å²) in [6.07, 6.45) is -4.29. The monoisotopic (exact) mass is 361 g/mol. The van der Waals surface area contributed by atoms with Crippen LogP contribution in [0.5, 0.6) is 0 Å². The number of aryl methyl sites for hydroxylation is 2. The second-order valence-corrected chi connectivity index (χ2v) is 5.56. The van der Waals surface area contributed by atoms with Crippen molar-refractivity contribution in [3.05, 3.63) is 51.3 Å². The van der Waals surface area contributed by atoms with Crippen LogP contribution in [0.25, 0.3) is 0 Å². The fourth-order valence-electron chi connectivity index (χ4n) is 2.01. The van der Waals surface area contributed by atoms with E-state index in [9.17, 15) is 13.2 Å². The van der Waals surface area contributed by atoms with Crippen LogP contribution in [0.15, 0.2) is 28.7 Å². The molecule has 0 aliphatic rings. The van der Waals surface area contributed by atoms with Crippen molar-refractivity contribution in [1.82, 2.24) is 15.1 Å². The third-order valence-electron chi connectivity index (χ3n) is 3.16. The summed E-state index contributed by atoms with van der Waals surface area (Å²) >= 11 is 3.47. The predicted molar refractivity (Wildman–Crippen MR) is 77.6 cm³/mol. The lowest BCUT2D eigenvalue weighted by Crippen LogP contribution is -2.16. The van der Waals surface area contributed by atoms with Gasteiger partial charge >= 0.3 is 6.18 Å². The summed E-state index contributed by atoms with van der Waals surface area (Å²) in [5, 5.41) is 7.48. The maximum Gasteiger partial charge on any atom is 0.416 e. The molecule has 7 heteroatoms. The average Bonchev–Trinajstić information content (AvgIpc) is 2.64. The number of hydrogen-bond acceptors (Lipinski definition) is 2. The van der Waals surface area contributed by atoms with E-state index in [4.69, 9.17) is 0 Å². The van der Waals surface area contributed by atoms with E-state index in [1.54, 1.807) is 4.68 Å². The van der Waals surface area contributed by atoms with Crippen LogP contribution >= 0.6 is 15.9 Å². The minimum atomic E-state index is -4.29. The zero-order valence-electron chi connectivity index (χ0n) is 11.6. The van der Waals surface area contributed by atoms with Crippen LogP contribution in [-0.4, -0.2) is 9.78 Å². The Morgan fingerprint density at radius 2 is 1.81 bits per heavy atom. The van der Waals surface area contributed by atoms with E-state index in [0.29, 0.717) is 13.1 Å². The average molecular weight is 362 g/mol. The Labute approximate surface area is 129 Å². The first-order chi connectivity index (χ1) is 9.79. The van der Waals surface area contributed by atoms with E-state index in [1.807, 2.05) is 14.0 Å². The minimum Gasteiger partial charge on any atom is -0.307 e. The molecule has 2 aromatic rings. The Kier molecular flexibility index (Phi) is 4.73. The van der Waals surface area contributed by atoms with Gasteiger partial charge in [0.2, 0.25) is 0 Å². The van der Waals surface area contributed by atoms with Crippen molar-refractivity contribution < 1.29 is 13.2 Å². The number of halogens is 4. The van der Waals surface area contributed by atoms with Gasteiger partial charge in [-0.05, 0) is 40.5 Å². The molecule has 1 aromatic carbocycles. The number of benzene rings is 1. The van der Waals surface area contributed by atoms with Gasteiger partial charge in [-0.3, -0.25) is 4.68 Å². The Hall–Kier alpha value is -1.34. The van der Waals surface area contributed by atoms with Crippen LogP contribution in [0, 0.1) is 6.92 Å². The van der Waals surface area contributed by atoms with Gasteiger partial charge in [0.15, 0.2) is 0 Å². The normalized spacial score (nSPS) is 11.9. The molecule has 0 spiro atoms. The van der Waals surface area contributed by atoms with Gasteiger partial charge in [0, 0.05) is 20.1 Å². The molecule has 21 heavy (non-hydrogen) atoms. The Morgan fingerprint density at radius 1 is 1.19 bits per heavy atom. The summed E-state index contributed by atoms with van der Waals surface area (Å²) in [7, 11) is 1.85. The maximum absolute atomic E-state index is 12.5. The maximum atomic E-state index is 12.5. The van der Waals surface area contributed by atoms with Gasteiger partial charge < -0.3 is 5.32 Å². The van der Waals surface area contributed by atoms with Crippen LogP contribution in [0.3, 0.4) is 0 Å². The highest BCUT2D eigenvalue weighted by atomic mass is 79.9. The van der Waals surface area contributed by atoms with E-state index in [1.165, 1.54) is 12.1 Å². The zero-order chi connectivity index (χ0) is 15.6. The summed E-state index contributed by atoms with van der Waals surface area (Å²) in [6, 6.07) is 5.17. The number of alkyl halides is 3. The Bertz CT molecular complexity index is 618. The lowest BCUT2D eigenvalue weighted by molar-refractivity contribution is -0.137. The molecule has 1 heterocycles. The number of hydrogen-bond donors (Lipinski definition) is 1. The van der Waals surface area contributed by atoms with Crippen molar-refractivity contribution in [2.75, 3.05) is 0 Å². The zero-order valence-corrected chi connectivity index (χ0v) is 13.2. The highest BCUT2D eigenvalue weighted by molar-refractivity contribution is 9.10. The highest BCUT2D eigenvalue weighted by Gasteiger charge is 2.29. The first kappa shape index (κ1) is 16.0. The molecule has 0 fully saturated rings. The van der Waals surface area contributed by atoms with Gasteiger partial charge in [0.05, 0.1) is 21.4 Å². The summed E-state index contributed by atoms with van der Waals surface area (Å²) in [6.45, 7) is 2.98. The van der Waals surface area contributed by atoms with E-state index >= 15 is 0 Å². The molecule has 3 nitrogen and oxygen atoms in total. The first-order valence-electron chi connectivity index (χ1n) is 6.34. The molecule has 0 radical (unpaired) electrons. The molecule has 0 unspecified atom stereocenters. The second-order valence-electron chi connectivity index (χ2n) is 4.77. The molecule has 0 amide bonds. The molecule has 0 bridgehead atoms. The molecule has 114 valence electrons. The summed E-state index contributed by atoms with van der Waals surface area (Å²) in [4.78, 5) is 0. The third-order valence-corrected chi connectivity index (χ3v) is 4.20. The molecule has 1 aromatic heterocycles. The summed E-state index contributed by atoms with van der Waals surface area (Å²) < 4.78 is 40.1. The van der Waals surface area contributed by atoms with Crippen molar-refractivity contribution in [1.29, 1.82) is 0 Å². The van der Waals surface area contributed by atoms with Crippen molar-refractivity contribution in [3.63, 3.8) is 0 Å². The Balaban J connectivity index is 1.95. The van der Waals surface area contributed by atoms with Gasteiger partial charge in [-0.1, -0.05) is 12.1 Å². The van der Waals surface area contributed by atoms with Crippen LogP contribution < -0.4 is 5.32 Å². The van der Waals surface area contributed by atoms with Crippen LogP contribution in [-0.2, 0) is 26.3 Å². The summed E-state index contributed by atoms with van der Waals surface area (Å²) in [5.74, 6) is 0. The van der Waals surface area contributed by atoms with Crippen molar-refractivity contribution in [2.24, 2.45) is 7.05 Å². The lowest BCUT2D eigenvalue weighted by Gasteiger charge is -2.09. The fraction of sp³-hybridized carbons (Fsp3) is 0.357. The van der Waals surface area contributed by atoms with Gasteiger partial charge in [-0.25, -0.2) is 0 Å². The van der Waals surface area contributed by atoms with E-state index in [0.717, 1.165) is 33.6 Å². The molecular weight excluding hydrogens is 347 g/mol. The number of aromatic nitrogens is 2. The topological polar surface area (TPSA) is 29.9 Å². The van der Waals surface area contributed by atoms with E-state index in [-0.39, 0.29) is 0 Å². The van der Waals surface area contributed by atoms with E-state index in [2.05, 4.69) is 26.3 Å². The number of rotatable bonds is 4. The SMILES string of the molecule is Cc1nn(C)c(CNCc2ccc(C(F)(F)F)cc2)c1Br. The van der Waals surface area contributed by atoms with Gasteiger partial charge in [0.25, 0.3) is 0 Å². The molecule has 0 saturated heterocycles. The van der Waals surface area contributed by atoms with Crippen molar-refractivity contribution in [2.45, 2.75) is 26.2 Å². The third kappa shape index (κ3) is 3.85. The minimum absolute atomic E-state index is 0.495. The van der Waals surface area contributed by atoms with Crippen LogP contribution in [0.1, 0.15) is 22.5 Å². The Morgan fingerprint density at radius 3 is 2.29 bits per heavy atom. The molecular formula is C14H15BrF3N3. The van der Waals surface area contributed by atoms with Crippen molar-refractivity contribution in [3.8, 4) is 0 Å². The molecule has 1 N–H and O–H groups in total. The van der Waals surface area contributed by atoms with Gasteiger partial charge in [0.1, 0.15) is 0 Å². The second kappa shape index (κ2) is 6.19. The molecule has 0 atom stereocenters. The standard InChI is InChI=1S/C14H15BrF3N3/c1-9-13(15)12(21(2)20-9)8-19-7-10-3-5-11(6-4-10)14(16,17)18/h3-6,19H,7-8H2,1-2H3. The number of nitrogens with one attached hydrogen (secondary N) is 1. The van der Waals surface area contributed by atoms with Crippen molar-refractivity contribution >= 4 is 15.9 Å². The predicted octanol–water partition coefficient (Wildman–Crippen LogP) is 3.80. The summed E-state index contributed by atoms with van der Waals surface area (Å²) in [5.41, 5.74) is 2.08. The van der Waals surface area contributed by atoms with Gasteiger partial charge in [-0.2, -0.15) is 18.3 Å².